The molecule has 2 aromatic heterocycles. The van der Waals surface area contributed by atoms with E-state index in [2.05, 4.69) is 16.8 Å². The van der Waals surface area contributed by atoms with Crippen LogP contribution in [-0.2, 0) is 20.7 Å². The van der Waals surface area contributed by atoms with Gasteiger partial charge < -0.3 is 25.0 Å². The molecule has 1 aliphatic carbocycles. The van der Waals surface area contributed by atoms with Crippen molar-refractivity contribution in [1.29, 1.82) is 0 Å². The number of carbonyl (C=O) groups is 2. The maximum atomic E-state index is 12.4. The summed E-state index contributed by atoms with van der Waals surface area (Å²) in [5.74, 6) is 2.93. The van der Waals surface area contributed by atoms with Gasteiger partial charge in [0.2, 0.25) is 0 Å². The summed E-state index contributed by atoms with van der Waals surface area (Å²) in [5.41, 5.74) is 7.24. The van der Waals surface area contributed by atoms with Crippen molar-refractivity contribution < 1.29 is 65.0 Å². The Morgan fingerprint density at radius 3 is 2.12 bits per heavy atom. The van der Waals surface area contributed by atoms with Gasteiger partial charge in [0, 0.05) is 12.1 Å². The smallest absolute Gasteiger partial charge is 0.475 e. The summed E-state index contributed by atoms with van der Waals surface area (Å²) in [6.45, 7) is 0.290. The molecule has 50 heavy (non-hydrogen) atoms. The fourth-order valence-electron chi connectivity index (χ4n) is 4.96. The first-order valence-corrected chi connectivity index (χ1v) is 17.1. The average molecular weight is 758 g/mol. The van der Waals surface area contributed by atoms with Gasteiger partial charge in [-0.2, -0.15) is 31.3 Å². The highest BCUT2D eigenvalue weighted by Gasteiger charge is 2.39. The maximum absolute atomic E-state index is 12.4. The van der Waals surface area contributed by atoms with Crippen LogP contribution in [0.2, 0.25) is 0 Å². The van der Waals surface area contributed by atoms with Crippen molar-refractivity contribution in [3.63, 3.8) is 0 Å². The zero-order valence-corrected chi connectivity index (χ0v) is 27.4. The molecule has 1 aliphatic heterocycles. The fourth-order valence-corrected chi connectivity index (χ4v) is 6.61. The van der Waals surface area contributed by atoms with E-state index in [0.29, 0.717) is 23.1 Å². The van der Waals surface area contributed by atoms with Crippen LogP contribution in [0.3, 0.4) is 0 Å². The van der Waals surface area contributed by atoms with Crippen molar-refractivity contribution in [2.24, 2.45) is 0 Å². The summed E-state index contributed by atoms with van der Waals surface area (Å²) in [6, 6.07) is 5.03. The van der Waals surface area contributed by atoms with Gasteiger partial charge in [0.05, 0.1) is 23.0 Å². The lowest BCUT2D eigenvalue weighted by Crippen LogP contribution is -2.26. The zero-order valence-electron chi connectivity index (χ0n) is 25.6. The number of alkyl halides is 6. The molecule has 274 valence electrons. The van der Waals surface area contributed by atoms with Crippen LogP contribution < -0.4 is 15.9 Å². The van der Waals surface area contributed by atoms with Gasteiger partial charge in [-0.05, 0) is 43.6 Å². The van der Waals surface area contributed by atoms with Crippen molar-refractivity contribution in [3.8, 4) is 17.6 Å². The van der Waals surface area contributed by atoms with Crippen molar-refractivity contribution in [1.82, 2.24) is 19.1 Å². The molecule has 1 saturated heterocycles. The minimum absolute atomic E-state index is 0.0409. The largest absolute Gasteiger partial charge is 0.524 e. The Balaban J connectivity index is 0.000000408. The molecule has 3 heterocycles. The van der Waals surface area contributed by atoms with Crippen LogP contribution in [-0.4, -0.2) is 69.1 Å². The highest BCUT2D eigenvalue weighted by atomic mass is 32.2. The lowest BCUT2D eigenvalue weighted by Gasteiger charge is -2.21. The minimum Gasteiger partial charge on any atom is -0.475 e. The molecule has 0 spiro atoms. The van der Waals surface area contributed by atoms with E-state index in [9.17, 15) is 45.5 Å². The number of rotatable bonds is 5. The Kier molecular flexibility index (Phi) is 13.4. The number of nitrogen functional groups attached to an aromatic ring is 1. The number of benzene rings is 1. The monoisotopic (exact) mass is 757 g/mol. The van der Waals surface area contributed by atoms with E-state index in [1.807, 2.05) is 10.6 Å². The first kappa shape index (κ1) is 40.2. The lowest BCUT2D eigenvalue weighted by molar-refractivity contribution is -0.193. The quantitative estimate of drug-likeness (QED) is 0.131. The Morgan fingerprint density at radius 1 is 1.00 bits per heavy atom. The van der Waals surface area contributed by atoms with E-state index in [-0.39, 0.29) is 28.5 Å². The molecule has 22 heteroatoms. The topological polar surface area (TPSA) is 220 Å². The molecular weight excluding hydrogens is 727 g/mol. The van der Waals surface area contributed by atoms with Crippen molar-refractivity contribution in [2.75, 3.05) is 11.5 Å². The number of carboxylic acid groups (broad SMARTS) is 2. The van der Waals surface area contributed by atoms with Crippen molar-refractivity contribution in [2.45, 2.75) is 75.1 Å². The number of nitrogens with two attached hydrogens (primary N) is 1. The van der Waals surface area contributed by atoms with Crippen LogP contribution in [0.5, 0.6) is 5.75 Å². The molecule has 0 radical (unpaired) electrons. The Labute approximate surface area is 282 Å². The van der Waals surface area contributed by atoms with Crippen LogP contribution in [0.15, 0.2) is 29.2 Å². The summed E-state index contributed by atoms with van der Waals surface area (Å²) < 4.78 is 83.5. The molecule has 0 amide bonds. The highest BCUT2D eigenvalue weighted by Crippen LogP contribution is 2.42. The average Bonchev–Trinajstić information content (AvgIpc) is 3.67. The second-order valence-corrected chi connectivity index (χ2v) is 13.2. The van der Waals surface area contributed by atoms with Crippen LogP contribution >= 0.6 is 19.6 Å². The van der Waals surface area contributed by atoms with E-state index >= 15 is 0 Å². The fraction of sp³-hybridized carbons (Fsp3) is 0.464. The molecule has 1 saturated carbocycles. The number of phosphoric acid groups is 1. The first-order chi connectivity index (χ1) is 23.2. The number of carboxylic acids is 2. The number of anilines is 1. The number of fused-ring (bicyclic) bond motifs is 1. The maximum Gasteiger partial charge on any atom is 0.524 e. The SMILES string of the molecule is Nc1nc(=O)n(C2CCCS2)cc1C#CCn1c(C2CCCCC2)nc2c(OP(=O)(O)O)cccc21.O=C(O)C(F)(F)F.O=C(O)C(F)(F)F. The highest BCUT2D eigenvalue weighted by molar-refractivity contribution is 7.99. The lowest BCUT2D eigenvalue weighted by atomic mass is 9.88. The third-order valence-corrected chi connectivity index (χ3v) is 8.91. The van der Waals surface area contributed by atoms with Crippen LogP contribution in [0, 0.1) is 11.8 Å². The number of para-hydroxylation sites is 1. The molecule has 5 rings (SSSR count). The number of aromatic nitrogens is 4. The summed E-state index contributed by atoms with van der Waals surface area (Å²) in [6.07, 6.45) is -1.13. The number of aliphatic carboxylic acids is 2. The van der Waals surface area contributed by atoms with Gasteiger partial charge in [0.15, 0.2) is 5.75 Å². The van der Waals surface area contributed by atoms with Gasteiger partial charge >= 0.3 is 37.8 Å². The van der Waals surface area contributed by atoms with E-state index in [0.717, 1.165) is 50.1 Å². The van der Waals surface area contributed by atoms with Gasteiger partial charge in [-0.15, -0.1) is 11.8 Å². The molecule has 3 aromatic rings. The molecule has 1 unspecified atom stereocenters. The first-order valence-electron chi connectivity index (χ1n) is 14.5. The molecule has 14 nitrogen and oxygen atoms in total. The van der Waals surface area contributed by atoms with Crippen molar-refractivity contribution in [3.05, 3.63) is 46.3 Å². The summed E-state index contributed by atoms with van der Waals surface area (Å²) in [7, 11) is -4.74. The third-order valence-electron chi connectivity index (χ3n) is 7.10. The summed E-state index contributed by atoms with van der Waals surface area (Å²) in [5, 5.41) is 14.3. The second-order valence-electron chi connectivity index (χ2n) is 10.7. The number of phosphoric ester groups is 1. The zero-order chi connectivity index (χ0) is 37.4. The van der Waals surface area contributed by atoms with Gasteiger partial charge in [-0.1, -0.05) is 37.2 Å². The molecular formula is C28H30F6N5O9PS. The minimum atomic E-state index is -5.08. The van der Waals surface area contributed by atoms with Crippen LogP contribution in [0.1, 0.15) is 67.6 Å². The van der Waals surface area contributed by atoms with Gasteiger partial charge in [-0.25, -0.2) is 23.9 Å². The number of thioether (sulfide) groups is 1. The standard InChI is InChI=1S/C24H28N5O5PS.2C2HF3O2/c25-22-17(15-29(24(30)27-22)20-12-6-14-36-20)9-5-13-28-18-10-4-11-19(34-35(31,32)33)21(18)26-23(28)16-7-2-1-3-8-16;2*3-2(4,5)1(6)7/h4,10-11,15-16,20H,1-3,6-8,12-14H2,(H2,25,27,30)(H2,31,32,33);2*(H,6,7). The predicted molar refractivity (Wildman–Crippen MR) is 166 cm³/mol. The Morgan fingerprint density at radius 2 is 1.60 bits per heavy atom. The molecule has 2 fully saturated rings. The molecule has 0 bridgehead atoms. The number of halogens is 6. The molecule has 1 atom stereocenters. The molecule has 1 aromatic carbocycles. The van der Waals surface area contributed by atoms with Crippen LogP contribution in [0.4, 0.5) is 32.2 Å². The van der Waals surface area contributed by atoms with Gasteiger partial charge in [-0.3, -0.25) is 14.4 Å². The number of hydrogen-bond donors (Lipinski definition) is 5. The normalized spacial score (nSPS) is 16.7. The van der Waals surface area contributed by atoms with E-state index in [1.165, 1.54) is 12.5 Å². The molecule has 6 N–H and O–H groups in total. The number of nitrogens with zero attached hydrogens (tertiary/aromatic N) is 4. The van der Waals surface area contributed by atoms with E-state index in [4.69, 9.17) is 35.0 Å². The Bertz CT molecular complexity index is 1830. The van der Waals surface area contributed by atoms with Crippen LogP contribution in [0.25, 0.3) is 11.0 Å². The third kappa shape index (κ3) is 11.4. The number of imidazole rings is 1. The predicted octanol–water partition coefficient (Wildman–Crippen LogP) is 5.04. The van der Waals surface area contributed by atoms with Gasteiger partial charge in [0.1, 0.15) is 17.2 Å². The second kappa shape index (κ2) is 16.6. The van der Waals surface area contributed by atoms with Crippen molar-refractivity contribution >= 4 is 48.4 Å². The Hall–Kier alpha value is -4.25. The van der Waals surface area contributed by atoms with E-state index < -0.39 is 32.1 Å². The van der Waals surface area contributed by atoms with E-state index in [1.54, 1.807) is 28.6 Å². The summed E-state index contributed by atoms with van der Waals surface area (Å²) in [4.78, 5) is 57.6. The van der Waals surface area contributed by atoms with Gasteiger partial charge in [0.25, 0.3) is 0 Å². The molecule has 2 aliphatic rings. The number of hydrogen-bond acceptors (Lipinski definition) is 9. The summed E-state index contributed by atoms with van der Waals surface area (Å²) >= 11 is 1.72.